The maximum Gasteiger partial charge on any atom is 0.119 e. The number of hydrogen-bond acceptors (Lipinski definition) is 2. The Morgan fingerprint density at radius 1 is 1.15 bits per heavy atom. The molecule has 106 valence electrons. The van der Waals surface area contributed by atoms with E-state index in [2.05, 4.69) is 46.3 Å². The van der Waals surface area contributed by atoms with Crippen LogP contribution < -0.4 is 10.5 Å². The number of ether oxygens (including phenoxy) is 1. The summed E-state index contributed by atoms with van der Waals surface area (Å²) in [4.78, 5) is 0. The van der Waals surface area contributed by atoms with Gasteiger partial charge >= 0.3 is 0 Å². The van der Waals surface area contributed by atoms with Gasteiger partial charge in [0.2, 0.25) is 0 Å². The molecule has 1 unspecified atom stereocenters. The van der Waals surface area contributed by atoms with Crippen LogP contribution in [0.2, 0.25) is 0 Å². The van der Waals surface area contributed by atoms with E-state index in [-0.39, 0.29) is 0 Å². The summed E-state index contributed by atoms with van der Waals surface area (Å²) in [5.74, 6) is 1.22. The maximum atomic E-state index is 5.96. The van der Waals surface area contributed by atoms with Crippen LogP contribution in [-0.2, 0) is 6.42 Å². The minimum Gasteiger partial charge on any atom is -0.494 e. The van der Waals surface area contributed by atoms with Gasteiger partial charge in [-0.05, 0) is 55.3 Å². The number of hydrogen-bond donors (Lipinski definition) is 1. The minimum absolute atomic E-state index is 0.310. The zero-order valence-corrected chi connectivity index (χ0v) is 13.3. The molecule has 0 heterocycles. The van der Waals surface area contributed by atoms with Crippen LogP contribution in [0.15, 0.2) is 53.0 Å². The van der Waals surface area contributed by atoms with Gasteiger partial charge in [-0.2, -0.15) is 0 Å². The molecule has 0 aromatic heterocycles. The normalized spacial score (nSPS) is 12.2. The second-order valence-electron chi connectivity index (χ2n) is 4.77. The zero-order chi connectivity index (χ0) is 14.4. The van der Waals surface area contributed by atoms with Crippen LogP contribution in [0.25, 0.3) is 0 Å². The van der Waals surface area contributed by atoms with Gasteiger partial charge in [-0.1, -0.05) is 40.2 Å². The van der Waals surface area contributed by atoms with Crippen molar-refractivity contribution < 1.29 is 4.74 Å². The lowest BCUT2D eigenvalue weighted by Crippen LogP contribution is -2.15. The van der Waals surface area contributed by atoms with Crippen LogP contribution in [0.3, 0.4) is 0 Å². The Bertz CT molecular complexity index is 556. The summed E-state index contributed by atoms with van der Waals surface area (Å²) < 4.78 is 6.67. The van der Waals surface area contributed by atoms with Gasteiger partial charge in [0.1, 0.15) is 5.75 Å². The van der Waals surface area contributed by atoms with Crippen LogP contribution >= 0.6 is 15.9 Å². The molecule has 0 radical (unpaired) electrons. The molecule has 0 aliphatic carbocycles. The van der Waals surface area contributed by atoms with E-state index in [1.165, 1.54) is 11.1 Å². The van der Waals surface area contributed by atoms with E-state index in [0.717, 1.165) is 16.6 Å². The summed E-state index contributed by atoms with van der Waals surface area (Å²) >= 11 is 3.51. The van der Waals surface area contributed by atoms with E-state index in [0.29, 0.717) is 19.1 Å². The molecule has 2 aromatic rings. The smallest absolute Gasteiger partial charge is 0.119 e. The molecule has 20 heavy (non-hydrogen) atoms. The Hall–Kier alpha value is -1.32. The first-order valence-corrected chi connectivity index (χ1v) is 7.69. The lowest BCUT2D eigenvalue weighted by molar-refractivity contribution is 0.339. The predicted molar refractivity (Wildman–Crippen MR) is 87.3 cm³/mol. The molecule has 2 N–H and O–H groups in total. The SMILES string of the molecule is CCOc1cccc(C(CN)Cc2cccc(Br)c2)c1. The first kappa shape index (κ1) is 15.1. The van der Waals surface area contributed by atoms with E-state index >= 15 is 0 Å². The topological polar surface area (TPSA) is 35.2 Å². The highest BCUT2D eigenvalue weighted by molar-refractivity contribution is 9.10. The van der Waals surface area contributed by atoms with Crippen molar-refractivity contribution in [2.75, 3.05) is 13.2 Å². The van der Waals surface area contributed by atoms with Gasteiger partial charge in [-0.25, -0.2) is 0 Å². The monoisotopic (exact) mass is 333 g/mol. The van der Waals surface area contributed by atoms with Crippen molar-refractivity contribution in [3.8, 4) is 5.75 Å². The molecule has 0 fully saturated rings. The molecule has 0 saturated heterocycles. The summed E-state index contributed by atoms with van der Waals surface area (Å²) in [5, 5.41) is 0. The van der Waals surface area contributed by atoms with E-state index in [9.17, 15) is 0 Å². The molecule has 0 spiro atoms. The highest BCUT2D eigenvalue weighted by Gasteiger charge is 2.11. The second kappa shape index (κ2) is 7.46. The van der Waals surface area contributed by atoms with E-state index in [1.54, 1.807) is 0 Å². The first-order valence-electron chi connectivity index (χ1n) is 6.90. The average Bonchev–Trinajstić information content (AvgIpc) is 2.45. The second-order valence-corrected chi connectivity index (χ2v) is 5.69. The van der Waals surface area contributed by atoms with Crippen LogP contribution in [0.1, 0.15) is 24.0 Å². The number of rotatable bonds is 6. The van der Waals surface area contributed by atoms with Crippen molar-refractivity contribution in [1.29, 1.82) is 0 Å². The molecule has 3 heteroatoms. The lowest BCUT2D eigenvalue weighted by atomic mass is 9.92. The van der Waals surface area contributed by atoms with Gasteiger partial charge in [0, 0.05) is 10.4 Å². The van der Waals surface area contributed by atoms with Crippen molar-refractivity contribution in [2.45, 2.75) is 19.3 Å². The third kappa shape index (κ3) is 4.09. The van der Waals surface area contributed by atoms with Crippen molar-refractivity contribution >= 4 is 15.9 Å². The fourth-order valence-corrected chi connectivity index (χ4v) is 2.76. The third-order valence-corrected chi connectivity index (χ3v) is 3.79. The van der Waals surface area contributed by atoms with Crippen LogP contribution in [-0.4, -0.2) is 13.2 Å². The summed E-state index contributed by atoms with van der Waals surface area (Å²) in [6, 6.07) is 16.6. The van der Waals surface area contributed by atoms with Gasteiger partial charge in [-0.3, -0.25) is 0 Å². The molecule has 2 rings (SSSR count). The molecule has 1 atom stereocenters. The Balaban J connectivity index is 2.17. The fraction of sp³-hybridized carbons (Fsp3) is 0.294. The summed E-state index contributed by atoms with van der Waals surface area (Å²) in [5.41, 5.74) is 8.49. The molecule has 0 bridgehead atoms. The summed E-state index contributed by atoms with van der Waals surface area (Å²) in [7, 11) is 0. The van der Waals surface area contributed by atoms with Gasteiger partial charge in [0.05, 0.1) is 6.61 Å². The first-order chi connectivity index (χ1) is 9.72. The molecular weight excluding hydrogens is 314 g/mol. The minimum atomic E-state index is 0.310. The Kier molecular flexibility index (Phi) is 5.62. The molecule has 0 aliphatic rings. The molecule has 2 nitrogen and oxygen atoms in total. The fourth-order valence-electron chi connectivity index (χ4n) is 2.31. The van der Waals surface area contributed by atoms with Gasteiger partial charge < -0.3 is 10.5 Å². The molecule has 0 saturated carbocycles. The van der Waals surface area contributed by atoms with E-state index in [4.69, 9.17) is 10.5 Å². The molecule has 0 aliphatic heterocycles. The highest BCUT2D eigenvalue weighted by Crippen LogP contribution is 2.25. The maximum absolute atomic E-state index is 5.96. The van der Waals surface area contributed by atoms with Gasteiger partial charge in [0.25, 0.3) is 0 Å². The largest absolute Gasteiger partial charge is 0.494 e. The van der Waals surface area contributed by atoms with Crippen molar-refractivity contribution in [3.05, 3.63) is 64.1 Å². The van der Waals surface area contributed by atoms with Crippen molar-refractivity contribution in [3.63, 3.8) is 0 Å². The summed E-state index contributed by atoms with van der Waals surface area (Å²) in [6.07, 6.45) is 0.936. The van der Waals surface area contributed by atoms with E-state index < -0.39 is 0 Å². The molecular formula is C17H20BrNO. The summed E-state index contributed by atoms with van der Waals surface area (Å²) in [6.45, 7) is 3.30. The van der Waals surface area contributed by atoms with Crippen LogP contribution in [0.5, 0.6) is 5.75 Å². The van der Waals surface area contributed by atoms with Crippen LogP contribution in [0, 0.1) is 0 Å². The third-order valence-electron chi connectivity index (χ3n) is 3.30. The Labute approximate surface area is 129 Å². The van der Waals surface area contributed by atoms with Crippen molar-refractivity contribution in [1.82, 2.24) is 0 Å². The molecule has 2 aromatic carbocycles. The average molecular weight is 334 g/mol. The van der Waals surface area contributed by atoms with E-state index in [1.807, 2.05) is 25.1 Å². The Morgan fingerprint density at radius 3 is 2.65 bits per heavy atom. The standard InChI is InChI=1S/C17H20BrNO/c1-2-20-17-8-4-6-14(11-17)15(12-19)9-13-5-3-7-16(18)10-13/h3-8,10-11,15H,2,9,12,19H2,1H3. The van der Waals surface area contributed by atoms with Gasteiger partial charge in [0.15, 0.2) is 0 Å². The van der Waals surface area contributed by atoms with Crippen LogP contribution in [0.4, 0.5) is 0 Å². The van der Waals surface area contributed by atoms with Gasteiger partial charge in [-0.15, -0.1) is 0 Å². The quantitative estimate of drug-likeness (QED) is 0.862. The van der Waals surface area contributed by atoms with Crippen molar-refractivity contribution in [2.24, 2.45) is 5.73 Å². The number of halogens is 1. The lowest BCUT2D eigenvalue weighted by Gasteiger charge is -2.16. The number of nitrogens with two attached hydrogens (primary N) is 1. The highest BCUT2D eigenvalue weighted by atomic mass is 79.9. The molecule has 0 amide bonds. The predicted octanol–water partition coefficient (Wildman–Crippen LogP) is 4.13. The Morgan fingerprint density at radius 2 is 1.95 bits per heavy atom. The zero-order valence-electron chi connectivity index (χ0n) is 11.7. The number of benzene rings is 2.